The van der Waals surface area contributed by atoms with Gasteiger partial charge in [-0.3, -0.25) is 0 Å². The van der Waals surface area contributed by atoms with Crippen LogP contribution in [0.2, 0.25) is 0 Å². The van der Waals surface area contributed by atoms with Crippen molar-refractivity contribution in [3.05, 3.63) is 33.8 Å². The summed E-state index contributed by atoms with van der Waals surface area (Å²) >= 11 is 0.848. The molecule has 0 aliphatic carbocycles. The van der Waals surface area contributed by atoms with Crippen LogP contribution in [0.15, 0.2) is 22.6 Å². The van der Waals surface area contributed by atoms with Crippen molar-refractivity contribution >= 4 is 41.8 Å². The molecular formula is C15H16N2O8S. The van der Waals surface area contributed by atoms with Crippen LogP contribution in [0, 0.1) is 0 Å². The van der Waals surface area contributed by atoms with Gasteiger partial charge in [-0.2, -0.15) is 5.10 Å². The first-order valence-corrected chi connectivity index (χ1v) is 7.72. The molecule has 0 amide bonds. The van der Waals surface area contributed by atoms with Gasteiger partial charge in [-0.15, -0.1) is 0 Å². The van der Waals surface area contributed by atoms with Gasteiger partial charge in [0.15, 0.2) is 5.69 Å². The fourth-order valence-corrected chi connectivity index (χ4v) is 2.22. The van der Waals surface area contributed by atoms with Crippen LogP contribution in [-0.2, 0) is 28.5 Å². The van der Waals surface area contributed by atoms with E-state index in [0.717, 1.165) is 43.8 Å². The van der Waals surface area contributed by atoms with Gasteiger partial charge < -0.3 is 18.9 Å². The smallest absolute Gasteiger partial charge is 0.359 e. The predicted octanol–water partition coefficient (Wildman–Crippen LogP) is 0.848. The van der Waals surface area contributed by atoms with Crippen LogP contribution in [0.3, 0.4) is 0 Å². The van der Waals surface area contributed by atoms with Crippen LogP contribution in [0.25, 0.3) is 6.20 Å². The van der Waals surface area contributed by atoms with Gasteiger partial charge in [0.05, 0.1) is 28.4 Å². The van der Waals surface area contributed by atoms with E-state index in [1.54, 1.807) is 0 Å². The Kier molecular flexibility index (Phi) is 8.09. The summed E-state index contributed by atoms with van der Waals surface area (Å²) in [7, 11) is 4.64. The lowest BCUT2D eigenvalue weighted by Crippen LogP contribution is -2.10. The van der Waals surface area contributed by atoms with Crippen molar-refractivity contribution in [1.82, 2.24) is 9.78 Å². The minimum absolute atomic E-state index is 0.0378. The molecule has 0 N–H and O–H groups in total. The van der Waals surface area contributed by atoms with E-state index in [4.69, 9.17) is 0 Å². The summed E-state index contributed by atoms with van der Waals surface area (Å²) in [5, 5.41) is 5.29. The standard InChI is InChI=1S/C15H16N2O8S/c1-22-11(18)7-10(14(20)24-3)26-6-5-17-8-9(13(19)23-2)12(16-17)15(21)25-4/h5-8H,1-4H3/b6-5-,10-7-. The van der Waals surface area contributed by atoms with Crippen molar-refractivity contribution in [3.63, 3.8) is 0 Å². The Bertz CT molecular complexity index is 732. The highest BCUT2D eigenvalue weighted by atomic mass is 32.2. The van der Waals surface area contributed by atoms with E-state index in [2.05, 4.69) is 24.0 Å². The monoisotopic (exact) mass is 384 g/mol. The molecule has 0 bridgehead atoms. The normalized spacial score (nSPS) is 11.2. The van der Waals surface area contributed by atoms with Crippen molar-refractivity contribution in [1.29, 1.82) is 0 Å². The second-order valence-electron chi connectivity index (χ2n) is 4.28. The lowest BCUT2D eigenvalue weighted by molar-refractivity contribution is -0.137. The molecule has 140 valence electrons. The number of hydrogen-bond acceptors (Lipinski definition) is 10. The maximum atomic E-state index is 11.7. The topological polar surface area (TPSA) is 123 Å². The van der Waals surface area contributed by atoms with Gasteiger partial charge in [-0.05, 0) is 5.41 Å². The third kappa shape index (κ3) is 5.48. The van der Waals surface area contributed by atoms with E-state index in [-0.39, 0.29) is 16.2 Å². The number of carbonyl (C=O) groups excluding carboxylic acids is 4. The van der Waals surface area contributed by atoms with Crippen LogP contribution >= 0.6 is 11.8 Å². The molecule has 0 aliphatic heterocycles. The number of nitrogens with zero attached hydrogens (tertiary/aromatic N) is 2. The molecule has 0 spiro atoms. The van der Waals surface area contributed by atoms with Crippen molar-refractivity contribution in [2.45, 2.75) is 0 Å². The summed E-state index contributed by atoms with van der Waals surface area (Å²) in [6, 6.07) is 0. The van der Waals surface area contributed by atoms with Gasteiger partial charge in [0, 0.05) is 18.5 Å². The third-order valence-electron chi connectivity index (χ3n) is 2.76. The van der Waals surface area contributed by atoms with Gasteiger partial charge in [-0.1, -0.05) is 11.8 Å². The molecule has 26 heavy (non-hydrogen) atoms. The Morgan fingerprint density at radius 3 is 2.19 bits per heavy atom. The number of hydrogen-bond donors (Lipinski definition) is 0. The van der Waals surface area contributed by atoms with Crippen molar-refractivity contribution < 1.29 is 38.1 Å². The van der Waals surface area contributed by atoms with E-state index >= 15 is 0 Å². The molecule has 0 aliphatic rings. The van der Waals surface area contributed by atoms with Crippen molar-refractivity contribution in [3.8, 4) is 0 Å². The molecule has 0 fully saturated rings. The number of aromatic nitrogens is 2. The van der Waals surface area contributed by atoms with Crippen molar-refractivity contribution in [2.24, 2.45) is 0 Å². The van der Waals surface area contributed by atoms with Gasteiger partial charge in [-0.25, -0.2) is 23.9 Å². The summed E-state index contributed by atoms with van der Waals surface area (Å²) in [4.78, 5) is 46.2. The van der Waals surface area contributed by atoms with Gasteiger partial charge in [0.1, 0.15) is 10.5 Å². The highest BCUT2D eigenvalue weighted by Gasteiger charge is 2.23. The van der Waals surface area contributed by atoms with E-state index < -0.39 is 23.9 Å². The number of thioether (sulfide) groups is 1. The minimum Gasteiger partial charge on any atom is -0.466 e. The minimum atomic E-state index is -0.814. The summed E-state index contributed by atoms with van der Waals surface area (Å²) in [5.74, 6) is -3.05. The Morgan fingerprint density at radius 2 is 1.65 bits per heavy atom. The second kappa shape index (κ2) is 10.0. The van der Waals surface area contributed by atoms with Crippen LogP contribution in [-0.4, -0.2) is 62.1 Å². The van der Waals surface area contributed by atoms with Crippen LogP contribution in [0.1, 0.15) is 20.8 Å². The zero-order valence-corrected chi connectivity index (χ0v) is 15.2. The molecule has 0 saturated heterocycles. The number of methoxy groups -OCH3 is 4. The number of rotatable bonds is 7. The Hall–Kier alpha value is -3.08. The highest BCUT2D eigenvalue weighted by Crippen LogP contribution is 2.19. The highest BCUT2D eigenvalue weighted by molar-refractivity contribution is 8.06. The van der Waals surface area contributed by atoms with Crippen LogP contribution < -0.4 is 0 Å². The summed E-state index contributed by atoms with van der Waals surface area (Å²) in [6.45, 7) is 0. The molecule has 1 aromatic heterocycles. The zero-order valence-electron chi connectivity index (χ0n) is 14.4. The maximum absolute atomic E-state index is 11.7. The molecule has 10 nitrogen and oxygen atoms in total. The molecule has 1 aromatic rings. The molecule has 0 atom stereocenters. The molecule has 1 rings (SSSR count). The molecule has 0 aromatic carbocycles. The van der Waals surface area contributed by atoms with Crippen LogP contribution in [0.4, 0.5) is 0 Å². The Labute approximate surface area is 152 Å². The second-order valence-corrected chi connectivity index (χ2v) is 5.23. The fourth-order valence-electron chi connectivity index (χ4n) is 1.55. The summed E-state index contributed by atoms with van der Waals surface area (Å²) in [6.07, 6.45) is 3.55. The SMILES string of the molecule is COC(=O)/C=C(\S/C=C\n1cc(C(=O)OC)c(C(=O)OC)n1)C(=O)OC. The molecule has 1 heterocycles. The average molecular weight is 384 g/mol. The van der Waals surface area contributed by atoms with Gasteiger partial charge in [0.25, 0.3) is 0 Å². The fraction of sp³-hybridized carbons (Fsp3) is 0.267. The third-order valence-corrected chi connectivity index (χ3v) is 3.56. The van der Waals surface area contributed by atoms with E-state index in [1.165, 1.54) is 24.9 Å². The first kappa shape index (κ1) is 21.0. The van der Waals surface area contributed by atoms with E-state index in [9.17, 15) is 19.2 Å². The molecule has 11 heteroatoms. The summed E-state index contributed by atoms with van der Waals surface area (Å²) in [5.41, 5.74) is -0.320. The van der Waals surface area contributed by atoms with E-state index in [1.807, 2.05) is 0 Å². The number of carbonyl (C=O) groups is 4. The van der Waals surface area contributed by atoms with Crippen molar-refractivity contribution in [2.75, 3.05) is 28.4 Å². The lowest BCUT2D eigenvalue weighted by Gasteiger charge is -2.01. The molecule has 0 radical (unpaired) electrons. The molecule has 0 unspecified atom stereocenters. The first-order valence-electron chi connectivity index (χ1n) is 6.85. The summed E-state index contributed by atoms with van der Waals surface area (Å²) < 4.78 is 19.3. The Balaban J connectivity index is 3.06. The quantitative estimate of drug-likeness (QED) is 0.380. The van der Waals surface area contributed by atoms with Gasteiger partial charge >= 0.3 is 23.9 Å². The molecular weight excluding hydrogens is 368 g/mol. The average Bonchev–Trinajstić information content (AvgIpc) is 3.09. The lowest BCUT2D eigenvalue weighted by atomic mass is 10.2. The number of esters is 4. The van der Waals surface area contributed by atoms with Crippen LogP contribution in [0.5, 0.6) is 0 Å². The largest absolute Gasteiger partial charge is 0.466 e. The maximum Gasteiger partial charge on any atom is 0.359 e. The first-order chi connectivity index (χ1) is 12.4. The molecule has 0 saturated carbocycles. The zero-order chi connectivity index (χ0) is 19.7. The van der Waals surface area contributed by atoms with E-state index in [0.29, 0.717) is 0 Å². The number of ether oxygens (including phenoxy) is 4. The van der Waals surface area contributed by atoms with Gasteiger partial charge in [0.2, 0.25) is 0 Å². The predicted molar refractivity (Wildman–Crippen MR) is 89.9 cm³/mol. The Morgan fingerprint density at radius 1 is 1.00 bits per heavy atom.